The third kappa shape index (κ3) is 4.80. The first-order chi connectivity index (χ1) is 11.2. The van der Waals surface area contributed by atoms with E-state index in [2.05, 4.69) is 26.2 Å². The molecule has 0 amide bonds. The number of hydrogen-bond acceptors (Lipinski definition) is 4. The first-order valence-corrected chi connectivity index (χ1v) is 9.04. The van der Waals surface area contributed by atoms with E-state index in [1.165, 1.54) is 0 Å². The maximum atomic E-state index is 6.25. The number of benzene rings is 1. The molecule has 6 heteroatoms. The van der Waals surface area contributed by atoms with E-state index in [0.717, 1.165) is 67.0 Å². The second kappa shape index (κ2) is 8.29. The summed E-state index contributed by atoms with van der Waals surface area (Å²) in [5.41, 5.74) is 0.817. The molecule has 0 spiro atoms. The summed E-state index contributed by atoms with van der Waals surface area (Å²) in [6.07, 6.45) is 2.07. The van der Waals surface area contributed by atoms with Crippen molar-refractivity contribution in [2.75, 3.05) is 38.3 Å². The van der Waals surface area contributed by atoms with Crippen molar-refractivity contribution in [2.45, 2.75) is 12.8 Å². The number of aromatic nitrogens is 1. The summed E-state index contributed by atoms with van der Waals surface area (Å²) in [6, 6.07) is 7.87. The molecule has 1 N–H and O–H groups in total. The molecule has 0 saturated carbocycles. The third-order valence-corrected chi connectivity index (χ3v) is 4.61. The number of fused-ring (bicyclic) bond motifs is 1. The van der Waals surface area contributed by atoms with Crippen LogP contribution in [0.3, 0.4) is 0 Å². The van der Waals surface area contributed by atoms with Crippen LogP contribution in [0.1, 0.15) is 12.8 Å². The fraction of sp³-hybridized carbons (Fsp3) is 0.471. The van der Waals surface area contributed by atoms with Crippen LogP contribution in [0.5, 0.6) is 0 Å². The first kappa shape index (κ1) is 17.0. The fourth-order valence-corrected chi connectivity index (χ4v) is 3.49. The molecule has 1 fully saturated rings. The topological polar surface area (TPSA) is 43.4 Å². The molecular formula is C17H20BrClN2O2. The zero-order chi connectivity index (χ0) is 16.1. The number of pyridine rings is 1. The number of hydrogen-bond donors (Lipinski definition) is 1. The normalized spacial score (nSPS) is 17.7. The van der Waals surface area contributed by atoms with E-state index in [9.17, 15) is 0 Å². The highest BCUT2D eigenvalue weighted by molar-refractivity contribution is 9.10. The zero-order valence-corrected chi connectivity index (χ0v) is 15.2. The van der Waals surface area contributed by atoms with Gasteiger partial charge in [0.25, 0.3) is 0 Å². The van der Waals surface area contributed by atoms with Gasteiger partial charge in [0, 0.05) is 35.5 Å². The molecule has 4 nitrogen and oxygen atoms in total. The van der Waals surface area contributed by atoms with Crippen molar-refractivity contribution in [1.29, 1.82) is 0 Å². The number of halogens is 2. The number of rotatable bonds is 7. The maximum Gasteiger partial charge on any atom is 0.126 e. The van der Waals surface area contributed by atoms with Crippen molar-refractivity contribution in [2.24, 2.45) is 5.92 Å². The van der Waals surface area contributed by atoms with Gasteiger partial charge in [0.2, 0.25) is 0 Å². The quantitative estimate of drug-likeness (QED) is 0.696. The lowest BCUT2D eigenvalue weighted by Crippen LogP contribution is -2.12. The largest absolute Gasteiger partial charge is 0.381 e. The van der Waals surface area contributed by atoms with Gasteiger partial charge in [-0.25, -0.2) is 4.98 Å². The molecule has 1 aliphatic heterocycles. The van der Waals surface area contributed by atoms with Crippen LogP contribution >= 0.6 is 27.5 Å². The van der Waals surface area contributed by atoms with Crippen molar-refractivity contribution in [3.8, 4) is 0 Å². The average Bonchev–Trinajstić information content (AvgIpc) is 3.04. The first-order valence-electron chi connectivity index (χ1n) is 7.87. The van der Waals surface area contributed by atoms with E-state index in [-0.39, 0.29) is 0 Å². The Kier molecular flexibility index (Phi) is 6.11. The lowest BCUT2D eigenvalue weighted by atomic mass is 10.1. The van der Waals surface area contributed by atoms with Crippen molar-refractivity contribution >= 4 is 44.3 Å². The van der Waals surface area contributed by atoms with E-state index in [1.807, 2.05) is 24.3 Å². The minimum atomic E-state index is 0.576. The van der Waals surface area contributed by atoms with E-state index >= 15 is 0 Å². The molecule has 0 radical (unpaired) electrons. The average molecular weight is 400 g/mol. The van der Waals surface area contributed by atoms with E-state index in [4.69, 9.17) is 21.1 Å². The molecular weight excluding hydrogens is 380 g/mol. The van der Waals surface area contributed by atoms with Gasteiger partial charge in [-0.05, 0) is 37.1 Å². The molecule has 1 aliphatic rings. The molecule has 1 saturated heterocycles. The summed E-state index contributed by atoms with van der Waals surface area (Å²) >= 11 is 9.69. The minimum Gasteiger partial charge on any atom is -0.381 e. The van der Waals surface area contributed by atoms with Crippen molar-refractivity contribution in [3.05, 3.63) is 33.8 Å². The predicted molar refractivity (Wildman–Crippen MR) is 97.3 cm³/mol. The van der Waals surface area contributed by atoms with Gasteiger partial charge in [0.05, 0.1) is 23.8 Å². The second-order valence-electron chi connectivity index (χ2n) is 5.74. The molecule has 0 bridgehead atoms. The Morgan fingerprint density at radius 2 is 2.30 bits per heavy atom. The number of nitrogens with zero attached hydrogens (tertiary/aromatic N) is 1. The predicted octanol–water partition coefficient (Wildman–Crippen LogP) is 4.51. The van der Waals surface area contributed by atoms with Crippen LogP contribution in [0.25, 0.3) is 10.9 Å². The summed E-state index contributed by atoms with van der Waals surface area (Å²) in [4.78, 5) is 4.58. The molecule has 1 aromatic carbocycles. The van der Waals surface area contributed by atoms with Gasteiger partial charge in [-0.2, -0.15) is 0 Å². The van der Waals surface area contributed by atoms with E-state index in [0.29, 0.717) is 10.9 Å². The van der Waals surface area contributed by atoms with Crippen LogP contribution in [-0.2, 0) is 9.47 Å². The lowest BCUT2D eigenvalue weighted by Gasteiger charge is -2.10. The van der Waals surface area contributed by atoms with Gasteiger partial charge in [-0.3, -0.25) is 0 Å². The molecule has 1 aromatic heterocycles. The molecule has 23 heavy (non-hydrogen) atoms. The Morgan fingerprint density at radius 1 is 1.39 bits per heavy atom. The Labute approximate surface area is 149 Å². The molecule has 2 aromatic rings. The molecule has 1 atom stereocenters. The Bertz CT molecular complexity index is 662. The summed E-state index contributed by atoms with van der Waals surface area (Å²) in [6.45, 7) is 4.11. The van der Waals surface area contributed by atoms with Gasteiger partial charge < -0.3 is 14.8 Å². The molecule has 124 valence electrons. The molecule has 3 rings (SSSR count). The Hall–Kier alpha value is -0.880. The van der Waals surface area contributed by atoms with Gasteiger partial charge in [-0.1, -0.05) is 27.5 Å². The van der Waals surface area contributed by atoms with Crippen molar-refractivity contribution in [3.63, 3.8) is 0 Å². The highest BCUT2D eigenvalue weighted by Gasteiger charge is 2.15. The smallest absolute Gasteiger partial charge is 0.126 e. The fourth-order valence-electron chi connectivity index (χ4n) is 2.61. The summed E-state index contributed by atoms with van der Waals surface area (Å²) in [5.74, 6) is 1.41. The second-order valence-corrected chi connectivity index (χ2v) is 7.06. The molecule has 1 unspecified atom stereocenters. The van der Waals surface area contributed by atoms with E-state index in [1.54, 1.807) is 0 Å². The lowest BCUT2D eigenvalue weighted by molar-refractivity contribution is 0.0897. The monoisotopic (exact) mass is 398 g/mol. The van der Waals surface area contributed by atoms with Gasteiger partial charge in [-0.15, -0.1) is 0 Å². The van der Waals surface area contributed by atoms with Crippen LogP contribution < -0.4 is 5.32 Å². The van der Waals surface area contributed by atoms with E-state index < -0.39 is 0 Å². The minimum absolute atomic E-state index is 0.576. The number of anilines is 1. The van der Waals surface area contributed by atoms with Crippen LogP contribution in [0, 0.1) is 5.92 Å². The van der Waals surface area contributed by atoms with Crippen LogP contribution in [-0.4, -0.2) is 38.0 Å². The zero-order valence-electron chi connectivity index (χ0n) is 12.9. The van der Waals surface area contributed by atoms with Gasteiger partial charge in [0.15, 0.2) is 0 Å². The van der Waals surface area contributed by atoms with Crippen LogP contribution in [0.15, 0.2) is 28.7 Å². The number of nitrogens with one attached hydrogen (secondary N) is 1. The van der Waals surface area contributed by atoms with Crippen molar-refractivity contribution in [1.82, 2.24) is 4.98 Å². The summed E-state index contributed by atoms with van der Waals surface area (Å²) in [5, 5.41) is 5.00. The maximum absolute atomic E-state index is 6.25. The Morgan fingerprint density at radius 3 is 3.13 bits per heavy atom. The molecule has 0 aliphatic carbocycles. The standard InChI is InChI=1S/C17H20BrClN2O2/c18-14-8-13-2-3-16(21-17(13)15(19)9-14)20-5-1-6-22-10-12-4-7-23-11-12/h2-3,8-9,12H,1,4-7,10-11H2,(H,20,21). The summed E-state index contributed by atoms with van der Waals surface area (Å²) < 4.78 is 12.0. The number of ether oxygens (including phenoxy) is 2. The Balaban J connectivity index is 1.44. The summed E-state index contributed by atoms with van der Waals surface area (Å²) in [7, 11) is 0. The van der Waals surface area contributed by atoms with Gasteiger partial charge in [0.1, 0.15) is 5.82 Å². The van der Waals surface area contributed by atoms with Crippen LogP contribution in [0.2, 0.25) is 5.02 Å². The van der Waals surface area contributed by atoms with Crippen molar-refractivity contribution < 1.29 is 9.47 Å². The highest BCUT2D eigenvalue weighted by atomic mass is 79.9. The van der Waals surface area contributed by atoms with Gasteiger partial charge >= 0.3 is 0 Å². The SMILES string of the molecule is Clc1cc(Br)cc2ccc(NCCCOCC3CCOC3)nc12. The third-order valence-electron chi connectivity index (χ3n) is 3.86. The highest BCUT2D eigenvalue weighted by Crippen LogP contribution is 2.27. The molecule has 2 heterocycles. The van der Waals surface area contributed by atoms with Crippen LogP contribution in [0.4, 0.5) is 5.82 Å².